The average Bonchev–Trinajstić information content (AvgIpc) is 3.00. The molecule has 1 N–H and O–H groups in total. The van der Waals surface area contributed by atoms with Crippen molar-refractivity contribution in [3.8, 4) is 5.75 Å². The molecule has 1 fully saturated rings. The Hall–Kier alpha value is -1.16. The van der Waals surface area contributed by atoms with Gasteiger partial charge in [-0.2, -0.15) is 0 Å². The van der Waals surface area contributed by atoms with Gasteiger partial charge in [0.25, 0.3) is 0 Å². The molecule has 2 nitrogen and oxygen atoms in total. The maximum atomic E-state index is 13.7. The maximum absolute atomic E-state index is 13.7. The van der Waals surface area contributed by atoms with E-state index >= 15 is 0 Å². The van der Waals surface area contributed by atoms with E-state index in [1.54, 1.807) is 0 Å². The van der Waals surface area contributed by atoms with Crippen molar-refractivity contribution in [3.05, 3.63) is 29.3 Å². The van der Waals surface area contributed by atoms with Gasteiger partial charge >= 0.3 is 0 Å². The molecule has 3 rings (SSSR count). The van der Waals surface area contributed by atoms with E-state index in [9.17, 15) is 8.78 Å². The molecule has 1 aliphatic heterocycles. The Kier molecular flexibility index (Phi) is 2.32. The average molecular weight is 225 g/mol. The van der Waals surface area contributed by atoms with Gasteiger partial charge in [0.05, 0.1) is 6.61 Å². The van der Waals surface area contributed by atoms with Crippen LogP contribution >= 0.6 is 0 Å². The minimum atomic E-state index is -0.580. The molecule has 1 unspecified atom stereocenters. The molecule has 0 saturated heterocycles. The quantitative estimate of drug-likeness (QED) is 0.835. The van der Waals surface area contributed by atoms with Crippen LogP contribution in [0.5, 0.6) is 5.75 Å². The predicted octanol–water partition coefficient (Wildman–Crippen LogP) is 2.54. The summed E-state index contributed by atoms with van der Waals surface area (Å²) in [6.07, 6.45) is 3.04. The lowest BCUT2D eigenvalue weighted by atomic mass is 9.99. The van der Waals surface area contributed by atoms with Crippen LogP contribution in [-0.4, -0.2) is 12.6 Å². The molecule has 1 atom stereocenters. The maximum Gasteiger partial charge on any atom is 0.134 e. The molecule has 0 spiro atoms. The fourth-order valence-electron chi connectivity index (χ4n) is 2.15. The zero-order valence-electron chi connectivity index (χ0n) is 8.80. The molecule has 0 radical (unpaired) electrons. The van der Waals surface area contributed by atoms with E-state index in [1.165, 1.54) is 6.07 Å². The van der Waals surface area contributed by atoms with Gasteiger partial charge in [0.1, 0.15) is 17.4 Å². The molecule has 86 valence electrons. The van der Waals surface area contributed by atoms with Crippen molar-refractivity contribution < 1.29 is 13.5 Å². The summed E-state index contributed by atoms with van der Waals surface area (Å²) >= 11 is 0. The fourth-order valence-corrected chi connectivity index (χ4v) is 2.15. The second kappa shape index (κ2) is 3.70. The van der Waals surface area contributed by atoms with Crippen molar-refractivity contribution in [2.75, 3.05) is 6.61 Å². The molecule has 1 aromatic rings. The summed E-state index contributed by atoms with van der Waals surface area (Å²) in [6.45, 7) is 0.514. The molecule has 2 aliphatic rings. The van der Waals surface area contributed by atoms with Crippen molar-refractivity contribution in [2.45, 2.75) is 31.3 Å². The Morgan fingerprint density at radius 3 is 2.75 bits per heavy atom. The van der Waals surface area contributed by atoms with E-state index in [0.29, 0.717) is 24.0 Å². The van der Waals surface area contributed by atoms with Gasteiger partial charge in [0, 0.05) is 36.2 Å². The smallest absolute Gasteiger partial charge is 0.134 e. The summed E-state index contributed by atoms with van der Waals surface area (Å²) in [5.41, 5.74) is 0.486. The van der Waals surface area contributed by atoms with Gasteiger partial charge in [0.15, 0.2) is 0 Å². The van der Waals surface area contributed by atoms with Crippen LogP contribution in [0.4, 0.5) is 8.78 Å². The van der Waals surface area contributed by atoms with Crippen LogP contribution in [0.1, 0.15) is 30.9 Å². The van der Waals surface area contributed by atoms with Crippen molar-refractivity contribution in [1.29, 1.82) is 0 Å². The van der Waals surface area contributed by atoms with E-state index in [0.717, 1.165) is 25.3 Å². The molecule has 0 amide bonds. The normalized spacial score (nSPS) is 23.8. The second-order valence-electron chi connectivity index (χ2n) is 4.43. The number of ether oxygens (including phenoxy) is 1. The molecule has 1 saturated carbocycles. The van der Waals surface area contributed by atoms with Crippen LogP contribution in [0.3, 0.4) is 0 Å². The number of rotatable bonds is 2. The first kappa shape index (κ1) is 10.0. The summed E-state index contributed by atoms with van der Waals surface area (Å²) in [6, 6.07) is 2.66. The third-order valence-electron chi connectivity index (χ3n) is 3.08. The van der Waals surface area contributed by atoms with E-state index < -0.39 is 11.6 Å². The van der Waals surface area contributed by atoms with Crippen LogP contribution in [0.2, 0.25) is 0 Å². The predicted molar refractivity (Wildman–Crippen MR) is 55.4 cm³/mol. The van der Waals surface area contributed by atoms with Crippen LogP contribution in [0, 0.1) is 11.6 Å². The van der Waals surface area contributed by atoms with Crippen LogP contribution < -0.4 is 10.1 Å². The fraction of sp³-hybridized carbons (Fsp3) is 0.500. The van der Waals surface area contributed by atoms with E-state index in [4.69, 9.17) is 4.74 Å². The molecule has 1 aromatic carbocycles. The number of hydrogen-bond donors (Lipinski definition) is 1. The van der Waals surface area contributed by atoms with Gasteiger partial charge in [-0.25, -0.2) is 8.78 Å². The lowest BCUT2D eigenvalue weighted by molar-refractivity contribution is 0.245. The number of fused-ring (bicyclic) bond motifs is 1. The van der Waals surface area contributed by atoms with Gasteiger partial charge in [-0.15, -0.1) is 0 Å². The van der Waals surface area contributed by atoms with E-state index in [2.05, 4.69) is 5.32 Å². The third kappa shape index (κ3) is 1.78. The minimum Gasteiger partial charge on any atom is -0.493 e. The summed E-state index contributed by atoms with van der Waals surface area (Å²) in [7, 11) is 0. The van der Waals surface area contributed by atoms with Gasteiger partial charge in [-0.3, -0.25) is 0 Å². The van der Waals surface area contributed by atoms with Crippen LogP contribution in [0.25, 0.3) is 0 Å². The largest absolute Gasteiger partial charge is 0.493 e. The van der Waals surface area contributed by atoms with Crippen molar-refractivity contribution >= 4 is 0 Å². The molecule has 1 aliphatic carbocycles. The summed E-state index contributed by atoms with van der Waals surface area (Å²) in [4.78, 5) is 0. The highest BCUT2D eigenvalue weighted by Crippen LogP contribution is 2.36. The Labute approximate surface area is 92.6 Å². The third-order valence-corrected chi connectivity index (χ3v) is 3.08. The lowest BCUT2D eigenvalue weighted by Gasteiger charge is -2.27. The van der Waals surface area contributed by atoms with Crippen molar-refractivity contribution in [2.24, 2.45) is 0 Å². The zero-order chi connectivity index (χ0) is 11.1. The lowest BCUT2D eigenvalue weighted by Crippen LogP contribution is -2.29. The van der Waals surface area contributed by atoms with Gasteiger partial charge in [-0.05, 0) is 12.8 Å². The first-order chi connectivity index (χ1) is 7.74. The molecule has 0 bridgehead atoms. The van der Waals surface area contributed by atoms with Crippen molar-refractivity contribution in [3.63, 3.8) is 0 Å². The van der Waals surface area contributed by atoms with Gasteiger partial charge in [0.2, 0.25) is 0 Å². The summed E-state index contributed by atoms with van der Waals surface area (Å²) in [5, 5.41) is 3.37. The highest BCUT2D eigenvalue weighted by atomic mass is 19.1. The number of benzene rings is 1. The summed E-state index contributed by atoms with van der Waals surface area (Å²) in [5.74, 6) is -0.738. The Balaban J connectivity index is 1.95. The number of hydrogen-bond acceptors (Lipinski definition) is 2. The van der Waals surface area contributed by atoms with Crippen LogP contribution in [0.15, 0.2) is 12.1 Å². The standard InChI is InChI=1S/C12H13F2NO/c13-7-5-9(14)12-10(15-8-1-2-8)3-4-16-11(12)6-7/h5-6,8,10,15H,1-4H2. The molecule has 4 heteroatoms. The highest BCUT2D eigenvalue weighted by molar-refractivity contribution is 5.39. The molecule has 1 heterocycles. The second-order valence-corrected chi connectivity index (χ2v) is 4.43. The Morgan fingerprint density at radius 1 is 1.19 bits per heavy atom. The van der Waals surface area contributed by atoms with Crippen LogP contribution in [-0.2, 0) is 0 Å². The number of nitrogens with one attached hydrogen (secondary N) is 1. The van der Waals surface area contributed by atoms with Gasteiger partial charge in [-0.1, -0.05) is 0 Å². The Morgan fingerprint density at radius 2 is 2.00 bits per heavy atom. The molecule has 16 heavy (non-hydrogen) atoms. The zero-order valence-corrected chi connectivity index (χ0v) is 8.80. The van der Waals surface area contributed by atoms with Gasteiger partial charge < -0.3 is 10.1 Å². The first-order valence-electron chi connectivity index (χ1n) is 5.62. The molecular formula is C12H13F2NO. The highest BCUT2D eigenvalue weighted by Gasteiger charge is 2.31. The van der Waals surface area contributed by atoms with E-state index in [-0.39, 0.29) is 6.04 Å². The molecule has 0 aromatic heterocycles. The molecular weight excluding hydrogens is 212 g/mol. The monoisotopic (exact) mass is 225 g/mol. The first-order valence-corrected chi connectivity index (χ1v) is 5.62. The van der Waals surface area contributed by atoms with E-state index in [1.807, 2.05) is 0 Å². The minimum absolute atomic E-state index is 0.0307. The van der Waals surface area contributed by atoms with Crippen molar-refractivity contribution in [1.82, 2.24) is 5.32 Å². The SMILES string of the molecule is Fc1cc(F)c2c(c1)OCCC2NC1CC1. The number of halogens is 2. The topological polar surface area (TPSA) is 21.3 Å². The summed E-state index contributed by atoms with van der Waals surface area (Å²) < 4.78 is 32.0. The Bertz CT molecular complexity index is 418.